The number of nitrogens with one attached hydrogen (secondary N) is 1. The first-order valence-corrected chi connectivity index (χ1v) is 7.46. The molecule has 1 N–H and O–H groups in total. The second kappa shape index (κ2) is 5.38. The van der Waals surface area contributed by atoms with Crippen LogP contribution in [0.3, 0.4) is 0 Å². The van der Waals surface area contributed by atoms with Gasteiger partial charge < -0.3 is 9.73 Å². The summed E-state index contributed by atoms with van der Waals surface area (Å²) in [4.78, 5) is 0. The fraction of sp³-hybridized carbons (Fsp3) is 0.529. The molecule has 0 atom stereocenters. The van der Waals surface area contributed by atoms with Crippen molar-refractivity contribution in [2.45, 2.75) is 39.5 Å². The molecule has 0 radical (unpaired) electrons. The third-order valence-electron chi connectivity index (χ3n) is 3.99. The Morgan fingerprint density at radius 3 is 2.79 bits per heavy atom. The molecule has 0 saturated carbocycles. The minimum Gasteiger partial charge on any atom is -0.464 e. The summed E-state index contributed by atoms with van der Waals surface area (Å²) >= 11 is 0. The van der Waals surface area contributed by atoms with Gasteiger partial charge in [0.15, 0.2) is 0 Å². The lowest BCUT2D eigenvalue weighted by atomic mass is 10.0. The molecule has 2 nitrogen and oxygen atoms in total. The zero-order valence-corrected chi connectivity index (χ0v) is 12.0. The molecule has 1 heterocycles. The van der Waals surface area contributed by atoms with Gasteiger partial charge >= 0.3 is 0 Å². The third kappa shape index (κ3) is 2.69. The van der Waals surface area contributed by atoms with Gasteiger partial charge in [-0.25, -0.2) is 0 Å². The third-order valence-corrected chi connectivity index (χ3v) is 3.99. The van der Waals surface area contributed by atoms with E-state index in [9.17, 15) is 0 Å². The molecule has 0 spiro atoms. The van der Waals surface area contributed by atoms with Crippen LogP contribution in [0.4, 0.5) is 0 Å². The Hall–Kier alpha value is -1.28. The Kier molecular flexibility index (Phi) is 3.61. The van der Waals surface area contributed by atoms with Crippen LogP contribution in [-0.4, -0.2) is 13.1 Å². The molecule has 0 saturated heterocycles. The SMILES string of the molecule is CC(C)CNCCc1coc2cc3c(cc12)CCC3. The van der Waals surface area contributed by atoms with Gasteiger partial charge in [0.05, 0.1) is 6.26 Å². The first kappa shape index (κ1) is 12.7. The predicted molar refractivity (Wildman–Crippen MR) is 79.7 cm³/mol. The maximum absolute atomic E-state index is 5.72. The molecule has 102 valence electrons. The summed E-state index contributed by atoms with van der Waals surface area (Å²) in [5, 5.41) is 4.82. The first-order chi connectivity index (χ1) is 9.24. The number of benzene rings is 1. The van der Waals surface area contributed by atoms with E-state index in [1.54, 1.807) is 0 Å². The Morgan fingerprint density at radius 1 is 1.21 bits per heavy atom. The number of hydrogen-bond donors (Lipinski definition) is 1. The van der Waals surface area contributed by atoms with Crippen LogP contribution < -0.4 is 5.32 Å². The smallest absolute Gasteiger partial charge is 0.134 e. The summed E-state index contributed by atoms with van der Waals surface area (Å²) < 4.78 is 5.72. The van der Waals surface area contributed by atoms with Crippen LogP contribution in [0.15, 0.2) is 22.8 Å². The Balaban J connectivity index is 1.73. The summed E-state index contributed by atoms with van der Waals surface area (Å²) in [6.07, 6.45) is 6.75. The fourth-order valence-corrected chi connectivity index (χ4v) is 2.96. The average Bonchev–Trinajstić information content (AvgIpc) is 2.98. The predicted octanol–water partition coefficient (Wildman–Crippen LogP) is 3.71. The minimum absolute atomic E-state index is 0.712. The lowest BCUT2D eigenvalue weighted by molar-refractivity contribution is 0.552. The largest absolute Gasteiger partial charge is 0.464 e. The number of rotatable bonds is 5. The van der Waals surface area contributed by atoms with E-state index in [1.165, 1.54) is 41.3 Å². The van der Waals surface area contributed by atoms with E-state index in [4.69, 9.17) is 4.42 Å². The van der Waals surface area contributed by atoms with E-state index in [0.717, 1.165) is 25.1 Å². The van der Waals surface area contributed by atoms with Gasteiger partial charge in [-0.1, -0.05) is 13.8 Å². The number of fused-ring (bicyclic) bond motifs is 2. The summed E-state index contributed by atoms with van der Waals surface area (Å²) in [7, 11) is 0. The van der Waals surface area contributed by atoms with Crippen molar-refractivity contribution in [3.05, 3.63) is 35.1 Å². The monoisotopic (exact) mass is 257 g/mol. The molecular formula is C17H23NO. The molecule has 1 aliphatic carbocycles. The van der Waals surface area contributed by atoms with Gasteiger partial charge in [-0.15, -0.1) is 0 Å². The van der Waals surface area contributed by atoms with Crippen LogP contribution in [0, 0.1) is 5.92 Å². The summed E-state index contributed by atoms with van der Waals surface area (Å²) in [5.74, 6) is 0.712. The van der Waals surface area contributed by atoms with Crippen LogP contribution in [0.5, 0.6) is 0 Å². The molecule has 3 rings (SSSR count). The Labute approximate surface area is 115 Å². The highest BCUT2D eigenvalue weighted by Crippen LogP contribution is 2.30. The lowest BCUT2D eigenvalue weighted by Gasteiger charge is -2.06. The Morgan fingerprint density at radius 2 is 2.00 bits per heavy atom. The minimum atomic E-state index is 0.712. The standard InChI is InChI=1S/C17H23NO/c1-12(2)10-18-7-6-15-11-19-17-9-14-5-3-4-13(14)8-16(15)17/h8-9,11-12,18H,3-7,10H2,1-2H3. The summed E-state index contributed by atoms with van der Waals surface area (Å²) in [6, 6.07) is 4.61. The van der Waals surface area contributed by atoms with E-state index >= 15 is 0 Å². The number of hydrogen-bond acceptors (Lipinski definition) is 2. The highest BCUT2D eigenvalue weighted by Gasteiger charge is 2.15. The molecule has 1 aromatic carbocycles. The van der Waals surface area contributed by atoms with Crippen molar-refractivity contribution in [3.63, 3.8) is 0 Å². The average molecular weight is 257 g/mol. The normalized spacial score (nSPS) is 14.5. The first-order valence-electron chi connectivity index (χ1n) is 7.46. The van der Waals surface area contributed by atoms with Crippen molar-refractivity contribution in [3.8, 4) is 0 Å². The van der Waals surface area contributed by atoms with Crippen LogP contribution >= 0.6 is 0 Å². The molecule has 1 aromatic heterocycles. The van der Waals surface area contributed by atoms with E-state index in [2.05, 4.69) is 31.3 Å². The molecule has 0 aliphatic heterocycles. The van der Waals surface area contributed by atoms with Gasteiger partial charge in [-0.05, 0) is 73.5 Å². The van der Waals surface area contributed by atoms with Crippen molar-refractivity contribution in [1.82, 2.24) is 5.32 Å². The maximum atomic E-state index is 5.72. The highest BCUT2D eigenvalue weighted by atomic mass is 16.3. The molecule has 2 aromatic rings. The van der Waals surface area contributed by atoms with Crippen LogP contribution in [0.2, 0.25) is 0 Å². The topological polar surface area (TPSA) is 25.2 Å². The Bertz CT molecular complexity index is 568. The summed E-state index contributed by atoms with van der Waals surface area (Å²) in [5.41, 5.74) is 5.44. The second-order valence-electron chi connectivity index (χ2n) is 6.08. The van der Waals surface area contributed by atoms with Crippen LogP contribution in [-0.2, 0) is 19.3 Å². The van der Waals surface area contributed by atoms with Gasteiger partial charge in [0, 0.05) is 5.39 Å². The van der Waals surface area contributed by atoms with E-state index in [0.29, 0.717) is 5.92 Å². The number of aryl methyl sites for hydroxylation is 2. The van der Waals surface area contributed by atoms with Gasteiger partial charge in [0.2, 0.25) is 0 Å². The lowest BCUT2D eigenvalue weighted by Crippen LogP contribution is -2.21. The number of furan rings is 1. The quantitative estimate of drug-likeness (QED) is 0.826. The van der Waals surface area contributed by atoms with Gasteiger partial charge in [0.25, 0.3) is 0 Å². The zero-order valence-electron chi connectivity index (χ0n) is 12.0. The zero-order chi connectivity index (χ0) is 13.2. The van der Waals surface area contributed by atoms with Crippen molar-refractivity contribution >= 4 is 11.0 Å². The van der Waals surface area contributed by atoms with E-state index < -0.39 is 0 Å². The molecule has 2 heteroatoms. The van der Waals surface area contributed by atoms with Crippen molar-refractivity contribution in [2.75, 3.05) is 13.1 Å². The molecule has 0 amide bonds. The molecular weight excluding hydrogens is 234 g/mol. The molecule has 1 aliphatic rings. The molecule has 0 fully saturated rings. The van der Waals surface area contributed by atoms with Crippen LogP contribution in [0.25, 0.3) is 11.0 Å². The maximum Gasteiger partial charge on any atom is 0.134 e. The van der Waals surface area contributed by atoms with Crippen molar-refractivity contribution in [2.24, 2.45) is 5.92 Å². The molecule has 0 bridgehead atoms. The van der Waals surface area contributed by atoms with Crippen molar-refractivity contribution in [1.29, 1.82) is 0 Å². The van der Waals surface area contributed by atoms with Gasteiger partial charge in [-0.3, -0.25) is 0 Å². The van der Waals surface area contributed by atoms with Gasteiger partial charge in [-0.2, -0.15) is 0 Å². The molecule has 19 heavy (non-hydrogen) atoms. The van der Waals surface area contributed by atoms with E-state index in [-0.39, 0.29) is 0 Å². The van der Waals surface area contributed by atoms with Gasteiger partial charge in [0.1, 0.15) is 5.58 Å². The van der Waals surface area contributed by atoms with Crippen molar-refractivity contribution < 1.29 is 4.42 Å². The highest BCUT2D eigenvalue weighted by molar-refractivity contribution is 5.83. The molecule has 0 unspecified atom stereocenters. The van der Waals surface area contributed by atoms with E-state index in [1.807, 2.05) is 6.26 Å². The fourth-order valence-electron chi connectivity index (χ4n) is 2.96. The second-order valence-corrected chi connectivity index (χ2v) is 6.08. The summed E-state index contributed by atoms with van der Waals surface area (Å²) in [6.45, 7) is 6.60. The van der Waals surface area contributed by atoms with Crippen LogP contribution in [0.1, 0.15) is 37.0 Å².